The molecule has 0 radical (unpaired) electrons. The lowest BCUT2D eigenvalue weighted by atomic mass is 9.90. The van der Waals surface area contributed by atoms with Crippen molar-refractivity contribution in [3.05, 3.63) is 69.4 Å². The molecule has 128 valence electrons. The highest BCUT2D eigenvalue weighted by molar-refractivity contribution is 6.30. The van der Waals surface area contributed by atoms with Crippen molar-refractivity contribution >= 4 is 28.1 Å². The van der Waals surface area contributed by atoms with Gasteiger partial charge >= 0.3 is 0 Å². The minimum Gasteiger partial charge on any atom is -0.370 e. The molecule has 0 saturated carbocycles. The average molecular weight is 354 g/mol. The standard InChI is InChI=1S/C20H20ClN3O/c1-12(2)14-5-6-18(17-9-23-19(21)8-16(14)17)24-10-13(11-24)15-4-3-7-22-20(15)25/h3-9,12-13H,10-11H2,1-2H3,(H,22,25). The molecule has 1 aromatic carbocycles. The molecule has 1 fully saturated rings. The normalized spacial score (nSPS) is 15.0. The van der Waals surface area contributed by atoms with Crippen LogP contribution < -0.4 is 10.5 Å². The van der Waals surface area contributed by atoms with Crippen molar-refractivity contribution in [3.63, 3.8) is 0 Å². The number of halogens is 1. The van der Waals surface area contributed by atoms with Crippen LogP contribution >= 0.6 is 11.6 Å². The molecule has 5 heteroatoms. The number of aromatic nitrogens is 2. The van der Waals surface area contributed by atoms with Crippen molar-refractivity contribution in [1.29, 1.82) is 0 Å². The average Bonchev–Trinajstić information content (AvgIpc) is 2.54. The molecule has 1 aliphatic rings. The van der Waals surface area contributed by atoms with Crippen LogP contribution in [0.25, 0.3) is 10.8 Å². The molecular formula is C20H20ClN3O. The van der Waals surface area contributed by atoms with Gasteiger partial charge in [-0.1, -0.05) is 37.6 Å². The molecule has 1 N–H and O–H groups in total. The van der Waals surface area contributed by atoms with Crippen LogP contribution in [0, 0.1) is 0 Å². The van der Waals surface area contributed by atoms with Gasteiger partial charge in [-0.05, 0) is 35.1 Å². The van der Waals surface area contributed by atoms with Crippen LogP contribution in [-0.2, 0) is 0 Å². The Labute approximate surface area is 151 Å². The lowest BCUT2D eigenvalue weighted by Crippen LogP contribution is -2.46. The highest BCUT2D eigenvalue weighted by Crippen LogP contribution is 2.38. The van der Waals surface area contributed by atoms with Crippen molar-refractivity contribution in [2.75, 3.05) is 18.0 Å². The molecule has 4 rings (SSSR count). The zero-order valence-corrected chi connectivity index (χ0v) is 15.0. The second-order valence-electron chi connectivity index (χ2n) is 6.94. The predicted molar refractivity (Wildman–Crippen MR) is 103 cm³/mol. The Morgan fingerprint density at radius 2 is 2.04 bits per heavy atom. The summed E-state index contributed by atoms with van der Waals surface area (Å²) in [6.07, 6.45) is 3.54. The van der Waals surface area contributed by atoms with Crippen LogP contribution in [-0.4, -0.2) is 23.1 Å². The predicted octanol–water partition coefficient (Wildman–Crippen LogP) is 4.30. The molecule has 0 bridgehead atoms. The monoisotopic (exact) mass is 353 g/mol. The first-order valence-corrected chi connectivity index (χ1v) is 8.93. The molecule has 3 heterocycles. The smallest absolute Gasteiger partial charge is 0.251 e. The summed E-state index contributed by atoms with van der Waals surface area (Å²) in [5, 5.41) is 2.80. The van der Waals surface area contributed by atoms with E-state index in [1.165, 1.54) is 5.56 Å². The van der Waals surface area contributed by atoms with Gasteiger partial charge in [-0.25, -0.2) is 4.98 Å². The van der Waals surface area contributed by atoms with Crippen molar-refractivity contribution in [1.82, 2.24) is 9.97 Å². The van der Waals surface area contributed by atoms with Gasteiger partial charge in [-0.2, -0.15) is 0 Å². The summed E-state index contributed by atoms with van der Waals surface area (Å²) in [4.78, 5) is 21.3. The van der Waals surface area contributed by atoms with E-state index in [2.05, 4.69) is 40.8 Å². The van der Waals surface area contributed by atoms with Crippen molar-refractivity contribution in [2.24, 2.45) is 0 Å². The summed E-state index contributed by atoms with van der Waals surface area (Å²) >= 11 is 6.13. The number of rotatable bonds is 3. The Morgan fingerprint density at radius 3 is 2.76 bits per heavy atom. The minimum absolute atomic E-state index is 0.0145. The molecule has 0 amide bonds. The topological polar surface area (TPSA) is 49.0 Å². The Kier molecular flexibility index (Phi) is 4.00. The first kappa shape index (κ1) is 16.2. The maximum Gasteiger partial charge on any atom is 0.251 e. The van der Waals surface area contributed by atoms with E-state index < -0.39 is 0 Å². The number of nitrogens with zero attached hydrogens (tertiary/aromatic N) is 2. The number of pyridine rings is 2. The number of aromatic amines is 1. The number of fused-ring (bicyclic) bond motifs is 1. The summed E-state index contributed by atoms with van der Waals surface area (Å²) in [6, 6.07) is 10.1. The molecule has 0 aliphatic carbocycles. The second kappa shape index (κ2) is 6.19. The number of anilines is 1. The van der Waals surface area contributed by atoms with Crippen LogP contribution in [0.4, 0.5) is 5.69 Å². The molecule has 3 aromatic rings. The summed E-state index contributed by atoms with van der Waals surface area (Å²) in [5.74, 6) is 0.687. The molecule has 0 spiro atoms. The number of nitrogens with one attached hydrogen (secondary N) is 1. The van der Waals surface area contributed by atoms with E-state index in [4.69, 9.17) is 11.6 Å². The SMILES string of the molecule is CC(C)c1ccc(N2CC(c3ccc[nH]c3=O)C2)c2cnc(Cl)cc12. The molecule has 4 nitrogen and oxygen atoms in total. The summed E-state index contributed by atoms with van der Waals surface area (Å²) in [5.41, 5.74) is 3.32. The van der Waals surface area contributed by atoms with Crippen LogP contribution in [0.15, 0.2) is 47.5 Å². The zero-order valence-electron chi connectivity index (χ0n) is 14.3. The van der Waals surface area contributed by atoms with Gasteiger partial charge in [-0.15, -0.1) is 0 Å². The molecular weight excluding hydrogens is 334 g/mol. The van der Waals surface area contributed by atoms with Gasteiger partial charge in [0.25, 0.3) is 5.56 Å². The lowest BCUT2D eigenvalue weighted by Gasteiger charge is -2.41. The van der Waals surface area contributed by atoms with Gasteiger partial charge < -0.3 is 9.88 Å². The van der Waals surface area contributed by atoms with Gasteiger partial charge in [0.1, 0.15) is 5.15 Å². The van der Waals surface area contributed by atoms with Crippen LogP contribution in [0.5, 0.6) is 0 Å². The number of benzene rings is 1. The minimum atomic E-state index is 0.0145. The van der Waals surface area contributed by atoms with E-state index in [-0.39, 0.29) is 11.5 Å². The van der Waals surface area contributed by atoms with E-state index in [1.54, 1.807) is 6.20 Å². The van der Waals surface area contributed by atoms with Crippen LogP contribution in [0.3, 0.4) is 0 Å². The van der Waals surface area contributed by atoms with Gasteiger partial charge in [0.15, 0.2) is 0 Å². The van der Waals surface area contributed by atoms with E-state index in [0.29, 0.717) is 11.1 Å². The Morgan fingerprint density at radius 1 is 1.24 bits per heavy atom. The van der Waals surface area contributed by atoms with Crippen molar-refractivity contribution in [3.8, 4) is 0 Å². The van der Waals surface area contributed by atoms with Gasteiger partial charge in [0.05, 0.1) is 0 Å². The quantitative estimate of drug-likeness (QED) is 0.714. The molecule has 1 saturated heterocycles. The summed E-state index contributed by atoms with van der Waals surface area (Å²) in [6.45, 7) is 6.05. The van der Waals surface area contributed by atoms with Crippen molar-refractivity contribution in [2.45, 2.75) is 25.7 Å². The molecule has 0 atom stereocenters. The molecule has 25 heavy (non-hydrogen) atoms. The first-order chi connectivity index (χ1) is 12.0. The lowest BCUT2D eigenvalue weighted by molar-refractivity contribution is 0.522. The van der Waals surface area contributed by atoms with Gasteiger partial charge in [0.2, 0.25) is 0 Å². The highest BCUT2D eigenvalue weighted by Gasteiger charge is 2.31. The maximum atomic E-state index is 12.0. The first-order valence-electron chi connectivity index (χ1n) is 8.55. The van der Waals surface area contributed by atoms with E-state index in [1.807, 2.05) is 24.4 Å². The second-order valence-corrected chi connectivity index (χ2v) is 7.32. The van der Waals surface area contributed by atoms with E-state index in [9.17, 15) is 4.79 Å². The van der Waals surface area contributed by atoms with Gasteiger partial charge in [0, 0.05) is 48.0 Å². The third kappa shape index (κ3) is 2.81. The third-order valence-electron chi connectivity index (χ3n) is 5.01. The largest absolute Gasteiger partial charge is 0.370 e. The highest BCUT2D eigenvalue weighted by atomic mass is 35.5. The number of hydrogen-bond acceptors (Lipinski definition) is 3. The molecule has 1 aliphatic heterocycles. The zero-order chi connectivity index (χ0) is 17.6. The number of hydrogen-bond donors (Lipinski definition) is 1. The van der Waals surface area contributed by atoms with Crippen LogP contribution in [0.2, 0.25) is 5.15 Å². The van der Waals surface area contributed by atoms with E-state index in [0.717, 1.165) is 35.1 Å². The maximum absolute atomic E-state index is 12.0. The van der Waals surface area contributed by atoms with Crippen molar-refractivity contribution < 1.29 is 0 Å². The molecule has 2 aromatic heterocycles. The van der Waals surface area contributed by atoms with E-state index >= 15 is 0 Å². The number of H-pyrrole nitrogens is 1. The molecule has 0 unspecified atom stereocenters. The third-order valence-corrected chi connectivity index (χ3v) is 5.22. The Bertz CT molecular complexity index is 990. The summed E-state index contributed by atoms with van der Waals surface area (Å²) < 4.78 is 0. The fourth-order valence-electron chi connectivity index (χ4n) is 3.63. The Hall–Kier alpha value is -2.33. The summed E-state index contributed by atoms with van der Waals surface area (Å²) in [7, 11) is 0. The fourth-order valence-corrected chi connectivity index (χ4v) is 3.79. The van der Waals surface area contributed by atoms with Crippen LogP contribution in [0.1, 0.15) is 36.8 Å². The fraction of sp³-hybridized carbons (Fsp3) is 0.300. The Balaban J connectivity index is 1.69. The van der Waals surface area contributed by atoms with Gasteiger partial charge in [-0.3, -0.25) is 4.79 Å².